The summed E-state index contributed by atoms with van der Waals surface area (Å²) in [5, 5.41) is 3.05. The van der Waals surface area contributed by atoms with Crippen LogP contribution < -0.4 is 5.32 Å². The molecule has 0 bridgehead atoms. The van der Waals surface area contributed by atoms with Gasteiger partial charge >= 0.3 is 0 Å². The molecule has 0 aliphatic rings. The van der Waals surface area contributed by atoms with Gasteiger partial charge in [0.1, 0.15) is 5.82 Å². The lowest BCUT2D eigenvalue weighted by Crippen LogP contribution is -2.20. The lowest BCUT2D eigenvalue weighted by Gasteiger charge is -2.17. The first-order valence-corrected chi connectivity index (χ1v) is 5.29. The second-order valence-electron chi connectivity index (χ2n) is 3.47. The standard InChI is InChI=1S/C12H18FNO/c1-3-7-15-12(9-14-2)10-5-4-6-11(13)8-10/h4-6,8,12,14H,3,7,9H2,1-2H3. The molecule has 1 N–H and O–H groups in total. The fourth-order valence-electron chi connectivity index (χ4n) is 1.43. The SMILES string of the molecule is CCCOC(CNC)c1cccc(F)c1. The third-order valence-electron chi connectivity index (χ3n) is 2.13. The van der Waals surface area contributed by atoms with Crippen LogP contribution in [-0.2, 0) is 4.74 Å². The molecular weight excluding hydrogens is 193 g/mol. The van der Waals surface area contributed by atoms with E-state index in [1.54, 1.807) is 6.07 Å². The quantitative estimate of drug-likeness (QED) is 0.780. The third-order valence-corrected chi connectivity index (χ3v) is 2.13. The van der Waals surface area contributed by atoms with Gasteiger partial charge in [-0.1, -0.05) is 19.1 Å². The summed E-state index contributed by atoms with van der Waals surface area (Å²) in [5.74, 6) is -0.214. The molecule has 0 aliphatic heterocycles. The minimum atomic E-state index is -0.214. The average molecular weight is 211 g/mol. The molecule has 2 nitrogen and oxygen atoms in total. The Labute approximate surface area is 90.4 Å². The van der Waals surface area contributed by atoms with Crippen LogP contribution in [-0.4, -0.2) is 20.2 Å². The second-order valence-corrected chi connectivity index (χ2v) is 3.47. The predicted octanol–water partition coefficient (Wildman–Crippen LogP) is 2.51. The second kappa shape index (κ2) is 6.53. The van der Waals surface area contributed by atoms with Gasteiger partial charge in [-0.2, -0.15) is 0 Å². The van der Waals surface area contributed by atoms with Crippen LogP contribution in [0, 0.1) is 5.82 Å². The van der Waals surface area contributed by atoms with Crippen molar-refractivity contribution in [1.29, 1.82) is 0 Å². The molecule has 1 unspecified atom stereocenters. The van der Waals surface area contributed by atoms with Crippen LogP contribution in [0.5, 0.6) is 0 Å². The molecule has 0 radical (unpaired) electrons. The van der Waals surface area contributed by atoms with E-state index in [1.165, 1.54) is 12.1 Å². The van der Waals surface area contributed by atoms with E-state index in [1.807, 2.05) is 13.1 Å². The number of benzene rings is 1. The van der Waals surface area contributed by atoms with Crippen molar-refractivity contribution < 1.29 is 9.13 Å². The van der Waals surface area contributed by atoms with E-state index in [2.05, 4.69) is 12.2 Å². The first kappa shape index (κ1) is 12.1. The number of hydrogen-bond donors (Lipinski definition) is 1. The number of nitrogens with one attached hydrogen (secondary N) is 1. The van der Waals surface area contributed by atoms with Crippen molar-refractivity contribution in [3.8, 4) is 0 Å². The predicted molar refractivity (Wildman–Crippen MR) is 59.3 cm³/mol. The van der Waals surface area contributed by atoms with E-state index in [0.29, 0.717) is 13.2 Å². The van der Waals surface area contributed by atoms with Crippen LogP contribution in [0.2, 0.25) is 0 Å². The summed E-state index contributed by atoms with van der Waals surface area (Å²) in [6, 6.07) is 6.57. The maximum atomic E-state index is 13.0. The summed E-state index contributed by atoms with van der Waals surface area (Å²) in [5.41, 5.74) is 0.887. The molecule has 1 aromatic rings. The fourth-order valence-corrected chi connectivity index (χ4v) is 1.43. The molecular formula is C12H18FNO. The van der Waals surface area contributed by atoms with Crippen molar-refractivity contribution >= 4 is 0 Å². The summed E-state index contributed by atoms with van der Waals surface area (Å²) in [7, 11) is 1.86. The molecule has 0 spiro atoms. The van der Waals surface area contributed by atoms with E-state index in [9.17, 15) is 4.39 Å². The molecule has 0 saturated heterocycles. The van der Waals surface area contributed by atoms with Gasteiger partial charge < -0.3 is 10.1 Å². The van der Waals surface area contributed by atoms with Crippen LogP contribution in [0.1, 0.15) is 25.0 Å². The summed E-state index contributed by atoms with van der Waals surface area (Å²) in [6.07, 6.45) is 0.904. The van der Waals surface area contributed by atoms with E-state index in [-0.39, 0.29) is 11.9 Å². The highest BCUT2D eigenvalue weighted by Crippen LogP contribution is 2.17. The van der Waals surface area contributed by atoms with Gasteiger partial charge in [0.05, 0.1) is 6.10 Å². The Bertz CT molecular complexity index is 291. The zero-order valence-electron chi connectivity index (χ0n) is 9.29. The Morgan fingerprint density at radius 1 is 1.47 bits per heavy atom. The molecule has 84 valence electrons. The molecule has 0 heterocycles. The Morgan fingerprint density at radius 2 is 2.27 bits per heavy atom. The number of rotatable bonds is 6. The third kappa shape index (κ3) is 3.98. The molecule has 1 rings (SSSR count). The minimum absolute atomic E-state index is 0.0642. The van der Waals surface area contributed by atoms with Crippen LogP contribution in [0.3, 0.4) is 0 Å². The smallest absolute Gasteiger partial charge is 0.123 e. The normalized spacial score (nSPS) is 12.7. The van der Waals surface area contributed by atoms with Crippen molar-refractivity contribution in [3.63, 3.8) is 0 Å². The number of ether oxygens (including phenoxy) is 1. The van der Waals surface area contributed by atoms with Gasteiger partial charge in [0.15, 0.2) is 0 Å². The Hall–Kier alpha value is -0.930. The summed E-state index contributed by atoms with van der Waals surface area (Å²) in [4.78, 5) is 0. The number of hydrogen-bond acceptors (Lipinski definition) is 2. The van der Waals surface area contributed by atoms with Gasteiger partial charge in [-0.25, -0.2) is 4.39 Å². The zero-order chi connectivity index (χ0) is 11.1. The Balaban J connectivity index is 2.69. The largest absolute Gasteiger partial charge is 0.372 e. The van der Waals surface area contributed by atoms with E-state index >= 15 is 0 Å². The van der Waals surface area contributed by atoms with Crippen LogP contribution in [0.15, 0.2) is 24.3 Å². The molecule has 0 aromatic heterocycles. The Morgan fingerprint density at radius 3 is 2.87 bits per heavy atom. The molecule has 0 aliphatic carbocycles. The number of halogens is 1. The van der Waals surface area contributed by atoms with Crippen molar-refractivity contribution in [1.82, 2.24) is 5.32 Å². The topological polar surface area (TPSA) is 21.3 Å². The maximum absolute atomic E-state index is 13.0. The van der Waals surface area contributed by atoms with Gasteiger partial charge in [-0.05, 0) is 31.2 Å². The van der Waals surface area contributed by atoms with Crippen molar-refractivity contribution in [2.75, 3.05) is 20.2 Å². The van der Waals surface area contributed by atoms with Crippen LogP contribution >= 0.6 is 0 Å². The summed E-state index contributed by atoms with van der Waals surface area (Å²) < 4.78 is 18.7. The summed E-state index contributed by atoms with van der Waals surface area (Å²) in [6.45, 7) is 3.45. The number of likely N-dealkylation sites (N-methyl/N-ethyl adjacent to an activating group) is 1. The molecule has 1 atom stereocenters. The fraction of sp³-hybridized carbons (Fsp3) is 0.500. The molecule has 1 aromatic carbocycles. The van der Waals surface area contributed by atoms with Crippen molar-refractivity contribution in [2.45, 2.75) is 19.4 Å². The first-order valence-electron chi connectivity index (χ1n) is 5.29. The van der Waals surface area contributed by atoms with Crippen LogP contribution in [0.25, 0.3) is 0 Å². The average Bonchev–Trinajstić information content (AvgIpc) is 2.24. The molecule has 0 amide bonds. The Kier molecular flexibility index (Phi) is 5.29. The van der Waals surface area contributed by atoms with Gasteiger partial charge in [0.2, 0.25) is 0 Å². The summed E-state index contributed by atoms with van der Waals surface area (Å²) >= 11 is 0. The minimum Gasteiger partial charge on any atom is -0.372 e. The van der Waals surface area contributed by atoms with Crippen LogP contribution in [0.4, 0.5) is 4.39 Å². The van der Waals surface area contributed by atoms with E-state index in [0.717, 1.165) is 12.0 Å². The molecule has 0 saturated carbocycles. The van der Waals surface area contributed by atoms with Crippen molar-refractivity contribution in [3.05, 3.63) is 35.6 Å². The van der Waals surface area contributed by atoms with Crippen molar-refractivity contribution in [2.24, 2.45) is 0 Å². The zero-order valence-corrected chi connectivity index (χ0v) is 9.29. The highest BCUT2D eigenvalue weighted by atomic mass is 19.1. The first-order chi connectivity index (χ1) is 7.27. The van der Waals surface area contributed by atoms with E-state index in [4.69, 9.17) is 4.74 Å². The van der Waals surface area contributed by atoms with Gasteiger partial charge in [-0.15, -0.1) is 0 Å². The highest BCUT2D eigenvalue weighted by molar-refractivity contribution is 5.19. The molecule has 15 heavy (non-hydrogen) atoms. The molecule has 0 fully saturated rings. The van der Waals surface area contributed by atoms with Gasteiger partial charge in [0.25, 0.3) is 0 Å². The monoisotopic (exact) mass is 211 g/mol. The maximum Gasteiger partial charge on any atom is 0.123 e. The lowest BCUT2D eigenvalue weighted by atomic mass is 10.1. The van der Waals surface area contributed by atoms with Gasteiger partial charge in [0, 0.05) is 13.2 Å². The van der Waals surface area contributed by atoms with E-state index < -0.39 is 0 Å². The lowest BCUT2D eigenvalue weighted by molar-refractivity contribution is 0.0541. The molecule has 3 heteroatoms. The highest BCUT2D eigenvalue weighted by Gasteiger charge is 2.10. The van der Waals surface area contributed by atoms with Gasteiger partial charge in [-0.3, -0.25) is 0 Å².